The van der Waals surface area contributed by atoms with Crippen molar-refractivity contribution < 1.29 is 0 Å². The van der Waals surface area contributed by atoms with Crippen molar-refractivity contribution >= 4 is 11.6 Å². The SMILES string of the molecule is Cc1cccc(-n2nc(N)cc2NC2CC2)c1. The number of hydrogen-bond donors (Lipinski definition) is 2. The van der Waals surface area contributed by atoms with E-state index in [0.29, 0.717) is 11.9 Å². The zero-order chi connectivity index (χ0) is 11.8. The minimum atomic E-state index is 0.551. The molecule has 17 heavy (non-hydrogen) atoms. The standard InChI is InChI=1S/C13H16N4/c1-9-3-2-4-11(7-9)17-13(8-12(14)16-17)15-10-5-6-10/h2-4,7-8,10,15H,5-6H2,1H3,(H2,14,16). The molecule has 88 valence electrons. The summed E-state index contributed by atoms with van der Waals surface area (Å²) in [6, 6.07) is 10.7. The van der Waals surface area contributed by atoms with Crippen molar-refractivity contribution in [3.8, 4) is 5.69 Å². The fourth-order valence-electron chi connectivity index (χ4n) is 1.90. The molecule has 0 atom stereocenters. The van der Waals surface area contributed by atoms with Crippen molar-refractivity contribution in [1.29, 1.82) is 0 Å². The maximum absolute atomic E-state index is 5.78. The molecule has 0 spiro atoms. The highest BCUT2D eigenvalue weighted by atomic mass is 15.4. The number of anilines is 2. The summed E-state index contributed by atoms with van der Waals surface area (Å²) in [5.74, 6) is 1.53. The number of nitrogens with zero attached hydrogens (tertiary/aromatic N) is 2. The highest BCUT2D eigenvalue weighted by molar-refractivity contribution is 5.53. The van der Waals surface area contributed by atoms with E-state index in [0.717, 1.165) is 11.5 Å². The molecule has 0 unspecified atom stereocenters. The molecule has 0 bridgehead atoms. The molecular formula is C13H16N4. The van der Waals surface area contributed by atoms with E-state index < -0.39 is 0 Å². The molecule has 3 rings (SSSR count). The smallest absolute Gasteiger partial charge is 0.148 e. The average Bonchev–Trinajstić information content (AvgIpc) is 3.01. The van der Waals surface area contributed by atoms with E-state index in [-0.39, 0.29) is 0 Å². The van der Waals surface area contributed by atoms with Crippen LogP contribution in [0.15, 0.2) is 30.3 Å². The van der Waals surface area contributed by atoms with Crippen molar-refractivity contribution in [2.45, 2.75) is 25.8 Å². The lowest BCUT2D eigenvalue weighted by Gasteiger charge is -2.09. The van der Waals surface area contributed by atoms with E-state index in [2.05, 4.69) is 29.5 Å². The Labute approximate surface area is 100 Å². The Balaban J connectivity index is 2.00. The largest absolute Gasteiger partial charge is 0.382 e. The molecule has 1 heterocycles. The zero-order valence-corrected chi connectivity index (χ0v) is 9.85. The summed E-state index contributed by atoms with van der Waals surface area (Å²) in [5, 5.41) is 7.78. The molecule has 1 fully saturated rings. The molecule has 1 aliphatic carbocycles. The predicted octanol–water partition coefficient (Wildman–Crippen LogP) is 2.34. The first-order chi connectivity index (χ1) is 8.22. The third-order valence-electron chi connectivity index (χ3n) is 2.90. The minimum Gasteiger partial charge on any atom is -0.382 e. The first-order valence-electron chi connectivity index (χ1n) is 5.91. The van der Waals surface area contributed by atoms with Crippen molar-refractivity contribution in [2.75, 3.05) is 11.1 Å². The van der Waals surface area contributed by atoms with Crippen LogP contribution in [0.2, 0.25) is 0 Å². The summed E-state index contributed by atoms with van der Waals surface area (Å²) in [6.07, 6.45) is 2.47. The van der Waals surface area contributed by atoms with E-state index in [1.165, 1.54) is 18.4 Å². The molecule has 1 aromatic carbocycles. The van der Waals surface area contributed by atoms with Gasteiger partial charge < -0.3 is 11.1 Å². The first-order valence-corrected chi connectivity index (χ1v) is 5.91. The van der Waals surface area contributed by atoms with Gasteiger partial charge in [-0.25, -0.2) is 4.68 Å². The molecular weight excluding hydrogens is 212 g/mol. The lowest BCUT2D eigenvalue weighted by atomic mass is 10.2. The van der Waals surface area contributed by atoms with Gasteiger partial charge in [-0.3, -0.25) is 0 Å². The van der Waals surface area contributed by atoms with Crippen LogP contribution >= 0.6 is 0 Å². The van der Waals surface area contributed by atoms with Crippen molar-refractivity contribution in [1.82, 2.24) is 9.78 Å². The van der Waals surface area contributed by atoms with Crippen LogP contribution < -0.4 is 11.1 Å². The fraction of sp³-hybridized carbons (Fsp3) is 0.308. The highest BCUT2D eigenvalue weighted by Crippen LogP contribution is 2.27. The summed E-state index contributed by atoms with van der Waals surface area (Å²) in [7, 11) is 0. The van der Waals surface area contributed by atoms with Gasteiger partial charge >= 0.3 is 0 Å². The lowest BCUT2D eigenvalue weighted by molar-refractivity contribution is 0.878. The zero-order valence-electron chi connectivity index (χ0n) is 9.85. The molecule has 1 aromatic heterocycles. The van der Waals surface area contributed by atoms with Crippen LogP contribution in [0.4, 0.5) is 11.6 Å². The number of hydrogen-bond acceptors (Lipinski definition) is 3. The third kappa shape index (κ3) is 2.11. The second-order valence-electron chi connectivity index (χ2n) is 4.62. The summed E-state index contributed by atoms with van der Waals surface area (Å²) < 4.78 is 1.88. The van der Waals surface area contributed by atoms with E-state index in [1.54, 1.807) is 0 Å². The molecule has 0 aliphatic heterocycles. The molecule has 1 saturated carbocycles. The summed E-state index contributed by atoms with van der Waals surface area (Å²) in [6.45, 7) is 2.07. The maximum Gasteiger partial charge on any atom is 0.148 e. The monoisotopic (exact) mass is 228 g/mol. The van der Waals surface area contributed by atoms with Gasteiger partial charge in [-0.05, 0) is 37.5 Å². The Bertz CT molecular complexity index is 540. The topological polar surface area (TPSA) is 55.9 Å². The van der Waals surface area contributed by atoms with Crippen LogP contribution in [0.1, 0.15) is 18.4 Å². The third-order valence-corrected chi connectivity index (χ3v) is 2.90. The van der Waals surface area contributed by atoms with E-state index in [4.69, 9.17) is 5.73 Å². The quantitative estimate of drug-likeness (QED) is 0.847. The van der Waals surface area contributed by atoms with E-state index >= 15 is 0 Å². The minimum absolute atomic E-state index is 0.551. The fourth-order valence-corrected chi connectivity index (χ4v) is 1.90. The van der Waals surface area contributed by atoms with Gasteiger partial charge in [-0.1, -0.05) is 12.1 Å². The number of nitrogen functional groups attached to an aromatic ring is 1. The van der Waals surface area contributed by atoms with Gasteiger partial charge in [0.1, 0.15) is 11.6 Å². The van der Waals surface area contributed by atoms with Crippen LogP contribution in [0.25, 0.3) is 5.69 Å². The predicted molar refractivity (Wildman–Crippen MR) is 69.4 cm³/mol. The summed E-state index contributed by atoms with van der Waals surface area (Å²) in [4.78, 5) is 0. The van der Waals surface area contributed by atoms with Gasteiger partial charge in [-0.2, -0.15) is 0 Å². The van der Waals surface area contributed by atoms with Gasteiger partial charge in [0.05, 0.1) is 5.69 Å². The molecule has 0 saturated heterocycles. The van der Waals surface area contributed by atoms with Gasteiger partial charge in [-0.15, -0.1) is 5.10 Å². The molecule has 1 aliphatic rings. The summed E-state index contributed by atoms with van der Waals surface area (Å²) >= 11 is 0. The van der Waals surface area contributed by atoms with Gasteiger partial charge in [0.15, 0.2) is 0 Å². The van der Waals surface area contributed by atoms with Crippen LogP contribution in [0.5, 0.6) is 0 Å². The molecule has 0 radical (unpaired) electrons. The van der Waals surface area contributed by atoms with Gasteiger partial charge in [0.2, 0.25) is 0 Å². The highest BCUT2D eigenvalue weighted by Gasteiger charge is 2.23. The van der Waals surface area contributed by atoms with Gasteiger partial charge in [0.25, 0.3) is 0 Å². The second-order valence-corrected chi connectivity index (χ2v) is 4.62. The van der Waals surface area contributed by atoms with Crippen molar-refractivity contribution in [2.24, 2.45) is 0 Å². The first kappa shape index (κ1) is 10.2. The van der Waals surface area contributed by atoms with E-state index in [1.807, 2.05) is 22.9 Å². The Morgan fingerprint density at radius 3 is 2.88 bits per heavy atom. The number of nitrogens with two attached hydrogens (primary N) is 1. The molecule has 4 nitrogen and oxygen atoms in total. The van der Waals surface area contributed by atoms with Crippen LogP contribution in [-0.4, -0.2) is 15.8 Å². The van der Waals surface area contributed by atoms with Crippen molar-refractivity contribution in [3.63, 3.8) is 0 Å². The average molecular weight is 228 g/mol. The maximum atomic E-state index is 5.78. The van der Waals surface area contributed by atoms with E-state index in [9.17, 15) is 0 Å². The Morgan fingerprint density at radius 2 is 2.18 bits per heavy atom. The number of nitrogens with one attached hydrogen (secondary N) is 1. The van der Waals surface area contributed by atoms with Gasteiger partial charge in [0, 0.05) is 12.1 Å². The van der Waals surface area contributed by atoms with Crippen LogP contribution in [0, 0.1) is 6.92 Å². The number of benzene rings is 1. The molecule has 0 amide bonds. The second kappa shape index (κ2) is 3.80. The lowest BCUT2D eigenvalue weighted by Crippen LogP contribution is -2.08. The molecule has 2 aromatic rings. The molecule has 4 heteroatoms. The van der Waals surface area contributed by atoms with Crippen molar-refractivity contribution in [3.05, 3.63) is 35.9 Å². The van der Waals surface area contributed by atoms with Crippen LogP contribution in [-0.2, 0) is 0 Å². The molecule has 3 N–H and O–H groups in total. The Hall–Kier alpha value is -1.97. The number of rotatable bonds is 3. The summed E-state index contributed by atoms with van der Waals surface area (Å²) in [5.41, 5.74) is 8.04. The van der Waals surface area contributed by atoms with Crippen LogP contribution in [0.3, 0.4) is 0 Å². The number of aromatic nitrogens is 2. The normalized spacial score (nSPS) is 14.9. The Kier molecular flexibility index (Phi) is 2.28. The Morgan fingerprint density at radius 1 is 1.35 bits per heavy atom. The number of aryl methyl sites for hydroxylation is 1.